The molecule has 1 heterocycles. The van der Waals surface area contributed by atoms with Crippen molar-refractivity contribution < 1.29 is 0 Å². The van der Waals surface area contributed by atoms with E-state index in [1.165, 1.54) is 65.3 Å². The first kappa shape index (κ1) is 34.1. The van der Waals surface area contributed by atoms with E-state index in [2.05, 4.69) is 185 Å². The molecule has 0 atom stereocenters. The number of hydrogen-bond donors (Lipinski definition) is 0. The topological polar surface area (TPSA) is 52.8 Å². The van der Waals surface area contributed by atoms with Gasteiger partial charge >= 0.3 is 0 Å². The number of rotatable bonds is 6. The van der Waals surface area contributed by atoms with Crippen molar-refractivity contribution in [3.8, 4) is 39.4 Å². The van der Waals surface area contributed by atoms with Gasteiger partial charge in [-0.2, -0.15) is 5.26 Å². The van der Waals surface area contributed by atoms with E-state index in [0.717, 1.165) is 39.2 Å². The quantitative estimate of drug-likeness (QED) is 0.159. The second-order valence-corrected chi connectivity index (χ2v) is 14.9. The maximum Gasteiger partial charge on any atom is 0.0991 e. The molecule has 0 aliphatic rings. The van der Waals surface area contributed by atoms with E-state index in [-0.39, 0.29) is 0 Å². The van der Waals surface area contributed by atoms with E-state index in [4.69, 9.17) is 0 Å². The Kier molecular flexibility index (Phi) is 8.17. The molecular formula is C55H34N4. The average Bonchev–Trinajstić information content (AvgIpc) is 3.31. The van der Waals surface area contributed by atoms with Gasteiger partial charge in [-0.25, -0.2) is 0 Å². The van der Waals surface area contributed by atoms with Crippen LogP contribution in [-0.2, 0) is 0 Å². The Labute approximate surface area is 341 Å². The van der Waals surface area contributed by atoms with Crippen LogP contribution in [0.5, 0.6) is 0 Å². The number of aromatic nitrogens is 2. The van der Waals surface area contributed by atoms with E-state index in [9.17, 15) is 5.26 Å². The summed E-state index contributed by atoms with van der Waals surface area (Å²) in [5, 5.41) is 19.3. The maximum atomic E-state index is 9.54. The molecule has 11 aromatic rings. The lowest BCUT2D eigenvalue weighted by Crippen LogP contribution is -2.10. The highest BCUT2D eigenvalue weighted by atomic mass is 15.1. The summed E-state index contributed by atoms with van der Waals surface area (Å²) in [6.07, 6.45) is 3.43. The molecule has 0 saturated carbocycles. The molecule has 10 aromatic carbocycles. The summed E-state index contributed by atoms with van der Waals surface area (Å²) in [6, 6.07) is 71.4. The van der Waals surface area contributed by atoms with Gasteiger partial charge < -0.3 is 4.90 Å². The number of nitriles is 1. The molecule has 0 amide bonds. The van der Waals surface area contributed by atoms with Gasteiger partial charge in [-0.1, -0.05) is 133 Å². The van der Waals surface area contributed by atoms with Gasteiger partial charge in [0.1, 0.15) is 0 Å². The fourth-order valence-electron chi connectivity index (χ4n) is 8.85. The first-order valence-electron chi connectivity index (χ1n) is 19.8. The Hall–Kier alpha value is -8.13. The Morgan fingerprint density at radius 3 is 1.49 bits per heavy atom. The predicted molar refractivity (Wildman–Crippen MR) is 245 cm³/mol. The molecule has 4 heteroatoms. The molecule has 1 aromatic heterocycles. The van der Waals surface area contributed by atoms with Gasteiger partial charge in [-0.3, -0.25) is 9.97 Å². The van der Waals surface area contributed by atoms with Crippen LogP contribution in [0.15, 0.2) is 207 Å². The molecule has 0 fully saturated rings. The van der Waals surface area contributed by atoms with Gasteiger partial charge in [-0.05, 0) is 137 Å². The molecule has 0 aliphatic heterocycles. The van der Waals surface area contributed by atoms with Gasteiger partial charge in [0.05, 0.1) is 22.7 Å². The fraction of sp³-hybridized carbons (Fsp3) is 0. The van der Waals surface area contributed by atoms with Crippen molar-refractivity contribution in [2.75, 3.05) is 4.90 Å². The van der Waals surface area contributed by atoms with Gasteiger partial charge in [0.15, 0.2) is 0 Å². The minimum Gasteiger partial charge on any atom is -0.310 e. The van der Waals surface area contributed by atoms with Crippen LogP contribution in [0.25, 0.3) is 87.5 Å². The zero-order valence-electron chi connectivity index (χ0n) is 31.9. The Morgan fingerprint density at radius 2 is 0.864 bits per heavy atom. The molecule has 59 heavy (non-hydrogen) atoms. The Bertz CT molecular complexity index is 3440. The molecule has 0 radical (unpaired) electrons. The van der Waals surface area contributed by atoms with Crippen LogP contribution in [0.3, 0.4) is 0 Å². The first-order valence-corrected chi connectivity index (χ1v) is 19.8. The van der Waals surface area contributed by atoms with Crippen LogP contribution in [0, 0.1) is 11.3 Å². The SMILES string of the molecule is N#Cc1ccc(N(c2ccc(-c3ccc4c(-c5cccc6ccccc56)c5ccccc5c(-c5cccc6ccccc56)c4c3)cc2)c2ccc3nccnc3c2)cc1. The molecule has 0 spiro atoms. The van der Waals surface area contributed by atoms with Crippen molar-refractivity contribution in [1.82, 2.24) is 9.97 Å². The van der Waals surface area contributed by atoms with Crippen LogP contribution < -0.4 is 4.90 Å². The van der Waals surface area contributed by atoms with Gasteiger partial charge in [-0.15, -0.1) is 0 Å². The smallest absolute Gasteiger partial charge is 0.0991 e. The second kappa shape index (κ2) is 14.1. The number of nitrogens with zero attached hydrogens (tertiary/aromatic N) is 4. The van der Waals surface area contributed by atoms with Crippen molar-refractivity contribution in [3.63, 3.8) is 0 Å². The van der Waals surface area contributed by atoms with E-state index in [1.807, 2.05) is 30.3 Å². The summed E-state index contributed by atoms with van der Waals surface area (Å²) < 4.78 is 0. The molecular weight excluding hydrogens is 717 g/mol. The summed E-state index contributed by atoms with van der Waals surface area (Å²) in [4.78, 5) is 11.3. The highest BCUT2D eigenvalue weighted by molar-refractivity contribution is 6.25. The summed E-state index contributed by atoms with van der Waals surface area (Å²) >= 11 is 0. The fourth-order valence-corrected chi connectivity index (χ4v) is 8.85. The maximum absolute atomic E-state index is 9.54. The summed E-state index contributed by atoms with van der Waals surface area (Å²) in [5.74, 6) is 0. The number of anilines is 3. The van der Waals surface area contributed by atoms with E-state index in [1.54, 1.807) is 12.4 Å². The summed E-state index contributed by atoms with van der Waals surface area (Å²) in [5.41, 5.74) is 12.3. The van der Waals surface area contributed by atoms with Crippen LogP contribution in [-0.4, -0.2) is 9.97 Å². The standard InChI is InChI=1S/C55H34N4/c56-35-36-19-24-41(25-20-36)59(43-28-30-52-53(34-43)58-32-31-57-52)42-26-21-37(22-27-42)40-23-29-50-51(33-40)55(47-18-8-12-39-10-2-4-14-45(39)47)49-16-6-5-15-48(49)54(50)46-17-7-11-38-9-1-3-13-44(38)46/h1-34H. The Balaban J connectivity index is 1.12. The van der Waals surface area contributed by atoms with E-state index in [0.29, 0.717) is 5.56 Å². The molecule has 0 saturated heterocycles. The van der Waals surface area contributed by atoms with Crippen molar-refractivity contribution in [2.45, 2.75) is 0 Å². The van der Waals surface area contributed by atoms with Crippen molar-refractivity contribution in [2.24, 2.45) is 0 Å². The lowest BCUT2D eigenvalue weighted by atomic mass is 9.83. The molecule has 274 valence electrons. The minimum atomic E-state index is 0.615. The van der Waals surface area contributed by atoms with Gasteiger partial charge in [0.2, 0.25) is 0 Å². The zero-order chi connectivity index (χ0) is 39.3. The van der Waals surface area contributed by atoms with Crippen LogP contribution in [0.2, 0.25) is 0 Å². The number of benzene rings is 10. The monoisotopic (exact) mass is 750 g/mol. The third-order valence-corrected chi connectivity index (χ3v) is 11.6. The van der Waals surface area contributed by atoms with Gasteiger partial charge in [0, 0.05) is 29.5 Å². The molecule has 0 bridgehead atoms. The lowest BCUT2D eigenvalue weighted by molar-refractivity contribution is 1.26. The molecule has 0 aliphatic carbocycles. The predicted octanol–water partition coefficient (Wildman–Crippen LogP) is 14.6. The van der Waals surface area contributed by atoms with Crippen LogP contribution in [0.1, 0.15) is 5.56 Å². The first-order chi connectivity index (χ1) is 29.2. The number of hydrogen-bond acceptors (Lipinski definition) is 4. The summed E-state index contributed by atoms with van der Waals surface area (Å²) in [7, 11) is 0. The van der Waals surface area contributed by atoms with E-state index >= 15 is 0 Å². The van der Waals surface area contributed by atoms with E-state index < -0.39 is 0 Å². The Morgan fingerprint density at radius 1 is 0.373 bits per heavy atom. The van der Waals surface area contributed by atoms with Crippen LogP contribution >= 0.6 is 0 Å². The molecule has 11 rings (SSSR count). The van der Waals surface area contributed by atoms with Gasteiger partial charge in [0.25, 0.3) is 0 Å². The summed E-state index contributed by atoms with van der Waals surface area (Å²) in [6.45, 7) is 0. The van der Waals surface area contributed by atoms with Crippen LogP contribution in [0.4, 0.5) is 17.1 Å². The highest BCUT2D eigenvalue weighted by Crippen LogP contribution is 2.48. The van der Waals surface area contributed by atoms with Crippen molar-refractivity contribution in [1.29, 1.82) is 5.26 Å². The zero-order valence-corrected chi connectivity index (χ0v) is 31.9. The highest BCUT2D eigenvalue weighted by Gasteiger charge is 2.20. The largest absolute Gasteiger partial charge is 0.310 e. The third-order valence-electron chi connectivity index (χ3n) is 11.6. The molecule has 0 unspecified atom stereocenters. The average molecular weight is 751 g/mol. The normalized spacial score (nSPS) is 11.4. The van der Waals surface area contributed by atoms with Crippen molar-refractivity contribution in [3.05, 3.63) is 212 Å². The third kappa shape index (κ3) is 5.84. The second-order valence-electron chi connectivity index (χ2n) is 14.9. The van der Waals surface area contributed by atoms with Crippen molar-refractivity contribution >= 4 is 71.2 Å². The minimum absolute atomic E-state index is 0.615. The molecule has 0 N–H and O–H groups in total. The lowest BCUT2D eigenvalue weighted by Gasteiger charge is -2.26. The number of fused-ring (bicyclic) bond motifs is 5. The molecule has 4 nitrogen and oxygen atoms in total.